The van der Waals surface area contributed by atoms with Gasteiger partial charge in [-0.05, 0) is 52.8 Å². The lowest BCUT2D eigenvalue weighted by atomic mass is 10.0. The second-order valence-corrected chi connectivity index (χ2v) is 7.44. The zero-order valence-electron chi connectivity index (χ0n) is 15.2. The maximum atomic E-state index is 12.7. The van der Waals surface area contributed by atoms with Crippen LogP contribution in [-0.4, -0.2) is 59.3 Å². The molecule has 1 fully saturated rings. The largest absolute Gasteiger partial charge is 0.445 e. The molecule has 24 heavy (non-hydrogen) atoms. The minimum atomic E-state index is -0.466. The van der Waals surface area contributed by atoms with Gasteiger partial charge in [-0.15, -0.1) is 0 Å². The molecular formula is C19H30N2O3. The molecule has 0 spiro atoms. The third-order valence-electron chi connectivity index (χ3n) is 5.05. The van der Waals surface area contributed by atoms with E-state index in [0.717, 1.165) is 24.8 Å². The Morgan fingerprint density at radius 3 is 2.46 bits per heavy atom. The first-order chi connectivity index (χ1) is 11.3. The summed E-state index contributed by atoms with van der Waals surface area (Å²) in [5.41, 5.74) is 0.762. The van der Waals surface area contributed by atoms with E-state index in [1.165, 1.54) is 0 Å². The van der Waals surface area contributed by atoms with Gasteiger partial charge in [0.15, 0.2) is 0 Å². The molecule has 2 rings (SSSR count). The van der Waals surface area contributed by atoms with Crippen LogP contribution >= 0.6 is 0 Å². The highest BCUT2D eigenvalue weighted by Gasteiger charge is 2.38. The van der Waals surface area contributed by atoms with Crippen LogP contribution in [0.1, 0.15) is 38.7 Å². The SMILES string of the molecule is CN(C)C(C)(C)CN(C(=O)OCc1ccccc1)C1CCCC1O. The topological polar surface area (TPSA) is 53.0 Å². The molecule has 1 saturated carbocycles. The molecule has 1 aromatic rings. The monoisotopic (exact) mass is 334 g/mol. The van der Waals surface area contributed by atoms with Crippen LogP contribution in [0.5, 0.6) is 0 Å². The van der Waals surface area contributed by atoms with Gasteiger partial charge in [-0.1, -0.05) is 30.3 Å². The molecule has 2 atom stereocenters. The fourth-order valence-corrected chi connectivity index (χ4v) is 2.96. The Labute approximate surface area is 145 Å². The molecule has 1 aliphatic carbocycles. The number of hydrogen-bond donors (Lipinski definition) is 1. The van der Waals surface area contributed by atoms with Crippen LogP contribution in [0, 0.1) is 0 Å². The predicted molar refractivity (Wildman–Crippen MR) is 94.7 cm³/mol. The highest BCUT2D eigenvalue weighted by atomic mass is 16.6. The van der Waals surface area contributed by atoms with Crippen molar-refractivity contribution in [1.29, 1.82) is 0 Å². The molecule has 0 radical (unpaired) electrons. The zero-order chi connectivity index (χ0) is 17.7. The average Bonchev–Trinajstić information content (AvgIpc) is 2.97. The second-order valence-electron chi connectivity index (χ2n) is 7.44. The van der Waals surface area contributed by atoms with Crippen molar-refractivity contribution in [3.63, 3.8) is 0 Å². The zero-order valence-corrected chi connectivity index (χ0v) is 15.2. The summed E-state index contributed by atoms with van der Waals surface area (Å²) < 4.78 is 5.53. The number of rotatable bonds is 6. The van der Waals surface area contributed by atoms with Crippen molar-refractivity contribution in [3.8, 4) is 0 Å². The molecule has 0 saturated heterocycles. The summed E-state index contributed by atoms with van der Waals surface area (Å²) in [5.74, 6) is 0. The molecule has 1 amide bonds. The second kappa shape index (κ2) is 7.99. The van der Waals surface area contributed by atoms with Crippen LogP contribution in [0.4, 0.5) is 4.79 Å². The molecule has 1 aliphatic rings. The lowest BCUT2D eigenvalue weighted by molar-refractivity contribution is 0.0203. The maximum Gasteiger partial charge on any atom is 0.410 e. The lowest BCUT2D eigenvalue weighted by Crippen LogP contribution is -2.55. The van der Waals surface area contributed by atoms with Crippen molar-refractivity contribution in [2.75, 3.05) is 20.6 Å². The van der Waals surface area contributed by atoms with Crippen LogP contribution in [0.2, 0.25) is 0 Å². The number of likely N-dealkylation sites (N-methyl/N-ethyl adjacent to an activating group) is 1. The highest BCUT2D eigenvalue weighted by molar-refractivity contribution is 5.68. The molecular weight excluding hydrogens is 304 g/mol. The van der Waals surface area contributed by atoms with Gasteiger partial charge in [-0.3, -0.25) is 0 Å². The summed E-state index contributed by atoms with van der Waals surface area (Å²) in [7, 11) is 4.00. The minimum absolute atomic E-state index is 0.160. The number of carbonyl (C=O) groups is 1. The van der Waals surface area contributed by atoms with Crippen LogP contribution in [-0.2, 0) is 11.3 Å². The van der Waals surface area contributed by atoms with Gasteiger partial charge in [-0.2, -0.15) is 0 Å². The standard InChI is InChI=1S/C19H30N2O3/c1-19(2,20(3)4)14-21(16-11-8-12-17(16)22)18(23)24-13-15-9-6-5-7-10-15/h5-7,9-10,16-17,22H,8,11-14H2,1-4H3. The molecule has 0 aliphatic heterocycles. The molecule has 1 aromatic carbocycles. The molecule has 5 nitrogen and oxygen atoms in total. The number of aliphatic hydroxyl groups excluding tert-OH is 1. The van der Waals surface area contributed by atoms with Gasteiger partial charge < -0.3 is 19.6 Å². The van der Waals surface area contributed by atoms with Crippen molar-refractivity contribution < 1.29 is 14.6 Å². The molecule has 2 unspecified atom stereocenters. The van der Waals surface area contributed by atoms with Crippen molar-refractivity contribution in [2.45, 2.75) is 57.4 Å². The van der Waals surface area contributed by atoms with Crippen LogP contribution < -0.4 is 0 Å². The van der Waals surface area contributed by atoms with E-state index >= 15 is 0 Å². The van der Waals surface area contributed by atoms with E-state index in [1.54, 1.807) is 4.90 Å². The van der Waals surface area contributed by atoms with Crippen LogP contribution in [0.15, 0.2) is 30.3 Å². The Bertz CT molecular complexity index is 531. The number of amides is 1. The van der Waals surface area contributed by atoms with E-state index in [1.807, 2.05) is 44.4 Å². The molecule has 0 aromatic heterocycles. The Morgan fingerprint density at radius 2 is 1.92 bits per heavy atom. The highest BCUT2D eigenvalue weighted by Crippen LogP contribution is 2.27. The number of ether oxygens (including phenoxy) is 1. The molecule has 5 heteroatoms. The van der Waals surface area contributed by atoms with E-state index < -0.39 is 6.10 Å². The first kappa shape index (κ1) is 18.7. The maximum absolute atomic E-state index is 12.7. The van der Waals surface area contributed by atoms with Gasteiger partial charge in [0.1, 0.15) is 6.61 Å². The third kappa shape index (κ3) is 4.71. The average molecular weight is 334 g/mol. The van der Waals surface area contributed by atoms with Gasteiger partial charge in [0.05, 0.1) is 12.1 Å². The molecule has 134 valence electrons. The van der Waals surface area contributed by atoms with Crippen molar-refractivity contribution in [1.82, 2.24) is 9.80 Å². The van der Waals surface area contributed by atoms with Crippen molar-refractivity contribution >= 4 is 6.09 Å². The van der Waals surface area contributed by atoms with E-state index in [9.17, 15) is 9.90 Å². The normalized spacial score (nSPS) is 21.1. The summed E-state index contributed by atoms with van der Waals surface area (Å²) >= 11 is 0. The fourth-order valence-electron chi connectivity index (χ4n) is 2.96. The quantitative estimate of drug-likeness (QED) is 0.869. The van der Waals surface area contributed by atoms with E-state index in [-0.39, 0.29) is 24.3 Å². The van der Waals surface area contributed by atoms with Gasteiger partial charge in [0.25, 0.3) is 0 Å². The number of aliphatic hydroxyl groups is 1. The van der Waals surface area contributed by atoms with Gasteiger partial charge >= 0.3 is 6.09 Å². The summed E-state index contributed by atoms with van der Waals surface area (Å²) in [6, 6.07) is 9.50. The van der Waals surface area contributed by atoms with E-state index in [2.05, 4.69) is 18.7 Å². The molecule has 0 bridgehead atoms. The molecule has 1 N–H and O–H groups in total. The van der Waals surface area contributed by atoms with E-state index in [0.29, 0.717) is 6.54 Å². The smallest absolute Gasteiger partial charge is 0.410 e. The molecule has 0 heterocycles. The van der Waals surface area contributed by atoms with Gasteiger partial charge in [-0.25, -0.2) is 4.79 Å². The van der Waals surface area contributed by atoms with Crippen LogP contribution in [0.3, 0.4) is 0 Å². The predicted octanol–water partition coefficient (Wildman–Crippen LogP) is 2.88. The van der Waals surface area contributed by atoms with Gasteiger partial charge in [0, 0.05) is 12.1 Å². The first-order valence-electron chi connectivity index (χ1n) is 8.64. The Balaban J connectivity index is 2.08. The number of carbonyl (C=O) groups excluding carboxylic acids is 1. The van der Waals surface area contributed by atoms with Gasteiger partial charge in [0.2, 0.25) is 0 Å². The number of nitrogens with zero attached hydrogens (tertiary/aromatic N) is 2. The third-order valence-corrected chi connectivity index (χ3v) is 5.05. The van der Waals surface area contributed by atoms with Crippen molar-refractivity contribution in [2.24, 2.45) is 0 Å². The minimum Gasteiger partial charge on any atom is -0.445 e. The van der Waals surface area contributed by atoms with Crippen LogP contribution in [0.25, 0.3) is 0 Å². The summed E-state index contributed by atoms with van der Waals surface area (Å²) in [6.45, 7) is 4.95. The Morgan fingerprint density at radius 1 is 1.25 bits per heavy atom. The first-order valence-corrected chi connectivity index (χ1v) is 8.64. The summed E-state index contributed by atoms with van der Waals surface area (Å²) in [5, 5.41) is 10.3. The fraction of sp³-hybridized carbons (Fsp3) is 0.632. The Kier molecular flexibility index (Phi) is 6.24. The van der Waals surface area contributed by atoms with Crippen molar-refractivity contribution in [3.05, 3.63) is 35.9 Å². The number of benzene rings is 1. The Hall–Kier alpha value is -1.59. The summed E-state index contributed by atoms with van der Waals surface area (Å²) in [4.78, 5) is 16.5. The number of hydrogen-bond acceptors (Lipinski definition) is 4. The lowest BCUT2D eigenvalue weighted by Gasteiger charge is -2.40. The summed E-state index contributed by atoms with van der Waals surface area (Å²) in [6.07, 6.45) is 1.70. The van der Waals surface area contributed by atoms with E-state index in [4.69, 9.17) is 4.74 Å².